The van der Waals surface area contributed by atoms with E-state index in [9.17, 15) is 0 Å². The van der Waals surface area contributed by atoms with E-state index < -0.39 is 0 Å². The van der Waals surface area contributed by atoms with E-state index >= 15 is 0 Å². The minimum absolute atomic E-state index is 0.398. The van der Waals surface area contributed by atoms with E-state index in [1.807, 2.05) is 12.1 Å². The molecule has 1 rings (SSSR count). The van der Waals surface area contributed by atoms with Crippen LogP contribution in [0, 0.1) is 0 Å². The van der Waals surface area contributed by atoms with Gasteiger partial charge < -0.3 is 5.73 Å². The smallest absolute Gasteiger partial charge is 0.0455 e. The highest BCUT2D eigenvalue weighted by atomic mass is 35.5. The van der Waals surface area contributed by atoms with Gasteiger partial charge in [0, 0.05) is 10.0 Å². The summed E-state index contributed by atoms with van der Waals surface area (Å²) in [6, 6.07) is 5.59. The lowest BCUT2D eigenvalue weighted by Crippen LogP contribution is -2.04. The van der Waals surface area contributed by atoms with Crippen molar-refractivity contribution in [2.45, 2.75) is 19.3 Å². The maximum Gasteiger partial charge on any atom is 0.0455 e. The van der Waals surface area contributed by atoms with Gasteiger partial charge in [0.25, 0.3) is 0 Å². The molecule has 1 aromatic rings. The molecule has 0 aliphatic carbocycles. The lowest BCUT2D eigenvalue weighted by Gasteiger charge is -2.12. The standard InChI is InChI=1S/C10H13Cl2N/c1-7(4-5-13)9-3-2-8(11)6-10(9)12/h2-3,6-7H,4-5,13H2,1H3/t7-/m1/s1. The fraction of sp³-hybridized carbons (Fsp3) is 0.400. The summed E-state index contributed by atoms with van der Waals surface area (Å²) in [6.07, 6.45) is 0.946. The fourth-order valence-electron chi connectivity index (χ4n) is 1.31. The molecule has 3 heteroatoms. The van der Waals surface area contributed by atoms with Gasteiger partial charge in [-0.05, 0) is 36.6 Å². The van der Waals surface area contributed by atoms with Crippen LogP contribution in [0.25, 0.3) is 0 Å². The Kier molecular flexibility index (Phi) is 4.04. The molecule has 0 saturated heterocycles. The number of hydrogen-bond acceptors (Lipinski definition) is 1. The molecule has 0 bridgehead atoms. The third-order valence-corrected chi connectivity index (χ3v) is 2.66. The van der Waals surface area contributed by atoms with Crippen molar-refractivity contribution in [3.05, 3.63) is 33.8 Å². The zero-order chi connectivity index (χ0) is 9.84. The van der Waals surface area contributed by atoms with Crippen molar-refractivity contribution in [2.75, 3.05) is 6.54 Å². The van der Waals surface area contributed by atoms with Gasteiger partial charge >= 0.3 is 0 Å². The number of halogens is 2. The highest BCUT2D eigenvalue weighted by molar-refractivity contribution is 6.35. The third-order valence-electron chi connectivity index (χ3n) is 2.09. The molecule has 0 radical (unpaired) electrons. The predicted molar refractivity (Wildman–Crippen MR) is 58.5 cm³/mol. The Hall–Kier alpha value is -0.240. The Balaban J connectivity index is 2.88. The first-order valence-electron chi connectivity index (χ1n) is 4.30. The molecule has 0 aliphatic heterocycles. The van der Waals surface area contributed by atoms with Crippen LogP contribution in [0.3, 0.4) is 0 Å². The molecule has 0 unspecified atom stereocenters. The second-order valence-electron chi connectivity index (χ2n) is 3.14. The second kappa shape index (κ2) is 4.85. The zero-order valence-corrected chi connectivity index (χ0v) is 9.07. The summed E-state index contributed by atoms with van der Waals surface area (Å²) in [4.78, 5) is 0. The van der Waals surface area contributed by atoms with E-state index in [4.69, 9.17) is 28.9 Å². The molecule has 1 nitrogen and oxygen atoms in total. The Bertz CT molecular complexity index is 286. The van der Waals surface area contributed by atoms with Crippen LogP contribution < -0.4 is 5.73 Å². The molecular weight excluding hydrogens is 205 g/mol. The summed E-state index contributed by atoms with van der Waals surface area (Å²) < 4.78 is 0. The number of rotatable bonds is 3. The van der Waals surface area contributed by atoms with E-state index in [0.29, 0.717) is 17.5 Å². The molecule has 0 heterocycles. The average molecular weight is 218 g/mol. The van der Waals surface area contributed by atoms with Crippen molar-refractivity contribution >= 4 is 23.2 Å². The molecule has 0 aromatic heterocycles. The van der Waals surface area contributed by atoms with Crippen molar-refractivity contribution in [3.63, 3.8) is 0 Å². The molecule has 0 fully saturated rings. The van der Waals surface area contributed by atoms with Gasteiger partial charge in [0.15, 0.2) is 0 Å². The maximum atomic E-state index is 6.03. The normalized spacial score (nSPS) is 12.9. The monoisotopic (exact) mass is 217 g/mol. The minimum Gasteiger partial charge on any atom is -0.330 e. The Morgan fingerprint density at radius 1 is 1.38 bits per heavy atom. The Morgan fingerprint density at radius 3 is 2.62 bits per heavy atom. The third kappa shape index (κ3) is 2.87. The molecule has 2 N–H and O–H groups in total. The van der Waals surface area contributed by atoms with Crippen molar-refractivity contribution in [2.24, 2.45) is 5.73 Å². The molecule has 0 saturated carbocycles. The second-order valence-corrected chi connectivity index (χ2v) is 3.99. The van der Waals surface area contributed by atoms with Gasteiger partial charge in [-0.3, -0.25) is 0 Å². The first kappa shape index (κ1) is 10.8. The van der Waals surface area contributed by atoms with Gasteiger partial charge in [0.1, 0.15) is 0 Å². The fourth-order valence-corrected chi connectivity index (χ4v) is 1.90. The first-order chi connectivity index (χ1) is 6.15. The van der Waals surface area contributed by atoms with Gasteiger partial charge in [-0.25, -0.2) is 0 Å². The summed E-state index contributed by atoms with van der Waals surface area (Å²) >= 11 is 11.8. The molecule has 1 atom stereocenters. The van der Waals surface area contributed by atoms with Gasteiger partial charge in [0.2, 0.25) is 0 Å². The number of nitrogens with two attached hydrogens (primary N) is 1. The average Bonchev–Trinajstić information content (AvgIpc) is 2.04. The molecular formula is C10H13Cl2N. The molecule has 0 spiro atoms. The van der Waals surface area contributed by atoms with E-state index in [2.05, 4.69) is 6.92 Å². The quantitative estimate of drug-likeness (QED) is 0.826. The number of benzene rings is 1. The van der Waals surface area contributed by atoms with Crippen LogP contribution in [0.5, 0.6) is 0 Å². The molecule has 1 aromatic carbocycles. The van der Waals surface area contributed by atoms with Crippen LogP contribution in [0.2, 0.25) is 10.0 Å². The van der Waals surface area contributed by atoms with Gasteiger partial charge in [-0.1, -0.05) is 36.2 Å². The van der Waals surface area contributed by atoms with E-state index in [-0.39, 0.29) is 0 Å². The van der Waals surface area contributed by atoms with Crippen molar-refractivity contribution in [3.8, 4) is 0 Å². The maximum absolute atomic E-state index is 6.03. The van der Waals surface area contributed by atoms with Gasteiger partial charge in [0.05, 0.1) is 0 Å². The van der Waals surface area contributed by atoms with E-state index in [0.717, 1.165) is 17.0 Å². The number of hydrogen-bond donors (Lipinski definition) is 1. The van der Waals surface area contributed by atoms with Gasteiger partial charge in [-0.2, -0.15) is 0 Å². The topological polar surface area (TPSA) is 26.0 Å². The highest BCUT2D eigenvalue weighted by Gasteiger charge is 2.08. The summed E-state index contributed by atoms with van der Waals surface area (Å²) in [6.45, 7) is 2.79. The first-order valence-corrected chi connectivity index (χ1v) is 5.05. The summed E-state index contributed by atoms with van der Waals surface area (Å²) in [5, 5.41) is 1.40. The summed E-state index contributed by atoms with van der Waals surface area (Å²) in [5.74, 6) is 0.398. The Labute approximate surface area is 88.8 Å². The minimum atomic E-state index is 0.398. The van der Waals surface area contributed by atoms with E-state index in [1.165, 1.54) is 0 Å². The van der Waals surface area contributed by atoms with Crippen LogP contribution in [0.1, 0.15) is 24.8 Å². The van der Waals surface area contributed by atoms with Crippen LogP contribution in [-0.2, 0) is 0 Å². The largest absolute Gasteiger partial charge is 0.330 e. The molecule has 0 aliphatic rings. The SMILES string of the molecule is C[C@H](CCN)c1ccc(Cl)cc1Cl. The Morgan fingerprint density at radius 2 is 2.08 bits per heavy atom. The lowest BCUT2D eigenvalue weighted by atomic mass is 9.98. The zero-order valence-electron chi connectivity index (χ0n) is 7.56. The lowest BCUT2D eigenvalue weighted by molar-refractivity contribution is 0.690. The molecule has 0 amide bonds. The highest BCUT2D eigenvalue weighted by Crippen LogP contribution is 2.28. The van der Waals surface area contributed by atoms with Crippen LogP contribution in [0.15, 0.2) is 18.2 Å². The predicted octanol–water partition coefficient (Wildman–Crippen LogP) is 3.45. The van der Waals surface area contributed by atoms with Crippen LogP contribution >= 0.6 is 23.2 Å². The molecule has 13 heavy (non-hydrogen) atoms. The summed E-state index contributed by atoms with van der Waals surface area (Å²) in [7, 11) is 0. The van der Waals surface area contributed by atoms with Crippen LogP contribution in [-0.4, -0.2) is 6.54 Å². The van der Waals surface area contributed by atoms with Crippen molar-refractivity contribution < 1.29 is 0 Å². The van der Waals surface area contributed by atoms with E-state index in [1.54, 1.807) is 6.07 Å². The van der Waals surface area contributed by atoms with Crippen LogP contribution in [0.4, 0.5) is 0 Å². The molecule has 72 valence electrons. The van der Waals surface area contributed by atoms with Crippen molar-refractivity contribution in [1.82, 2.24) is 0 Å². The van der Waals surface area contributed by atoms with Gasteiger partial charge in [-0.15, -0.1) is 0 Å². The summed E-state index contributed by atoms with van der Waals surface area (Å²) in [5.41, 5.74) is 6.60. The van der Waals surface area contributed by atoms with Crippen molar-refractivity contribution in [1.29, 1.82) is 0 Å².